The summed E-state index contributed by atoms with van der Waals surface area (Å²) in [4.78, 5) is 38.2. The van der Waals surface area contributed by atoms with Gasteiger partial charge in [0.15, 0.2) is 11.6 Å². The molecule has 0 bridgehead atoms. The first kappa shape index (κ1) is 23.0. The molecule has 4 heterocycles. The molecule has 0 spiro atoms. The average Bonchev–Trinajstić information content (AvgIpc) is 3.93. The van der Waals surface area contributed by atoms with Crippen molar-refractivity contribution in [1.29, 1.82) is 0 Å². The van der Waals surface area contributed by atoms with E-state index in [0.29, 0.717) is 33.5 Å². The molecule has 194 valence electrons. The van der Waals surface area contributed by atoms with Gasteiger partial charge in [-0.15, -0.1) is 0 Å². The smallest absolute Gasteiger partial charge is 0.281 e. The maximum atomic E-state index is 14.2. The van der Waals surface area contributed by atoms with Gasteiger partial charge < -0.3 is 9.47 Å². The van der Waals surface area contributed by atoms with Crippen molar-refractivity contribution in [3.05, 3.63) is 153 Å². The van der Waals surface area contributed by atoms with Crippen molar-refractivity contribution in [3.63, 3.8) is 0 Å². The highest BCUT2D eigenvalue weighted by Crippen LogP contribution is 2.52. The molecule has 40 heavy (non-hydrogen) atoms. The minimum absolute atomic E-state index is 0.290. The predicted octanol–water partition coefficient (Wildman–Crippen LogP) is 5.04. The molecule has 6 aromatic rings. The lowest BCUT2D eigenvalue weighted by molar-refractivity contribution is 0.348. The molecule has 4 unspecified atom stereocenters. The van der Waals surface area contributed by atoms with Crippen molar-refractivity contribution in [3.8, 4) is 0 Å². The molecular weight excluding hydrogens is 504 g/mol. The maximum Gasteiger partial charge on any atom is 0.281 e. The van der Waals surface area contributed by atoms with Crippen LogP contribution in [0, 0.1) is 0 Å². The molecule has 2 aliphatic heterocycles. The maximum absolute atomic E-state index is 14.2. The number of ether oxygens (including phenoxy) is 2. The Morgan fingerprint density at radius 1 is 0.475 bits per heavy atom. The lowest BCUT2D eigenvalue weighted by Gasteiger charge is -2.18. The van der Waals surface area contributed by atoms with Crippen molar-refractivity contribution in [2.24, 2.45) is 0 Å². The Bertz CT molecular complexity index is 1890. The van der Waals surface area contributed by atoms with Gasteiger partial charge in [-0.05, 0) is 35.4 Å². The van der Waals surface area contributed by atoms with Crippen molar-refractivity contribution in [1.82, 2.24) is 19.3 Å². The van der Waals surface area contributed by atoms with Crippen molar-refractivity contribution >= 4 is 21.8 Å². The van der Waals surface area contributed by atoms with Gasteiger partial charge in [-0.2, -0.15) is 9.35 Å². The van der Waals surface area contributed by atoms with Gasteiger partial charge in [0, 0.05) is 0 Å². The van der Waals surface area contributed by atoms with Gasteiger partial charge >= 0.3 is 0 Å². The molecular formula is C32H22N4O4. The Labute approximate surface area is 227 Å². The van der Waals surface area contributed by atoms with E-state index in [9.17, 15) is 9.59 Å². The van der Waals surface area contributed by atoms with Gasteiger partial charge in [0.05, 0.1) is 21.8 Å². The van der Waals surface area contributed by atoms with E-state index in [1.54, 1.807) is 36.4 Å². The summed E-state index contributed by atoms with van der Waals surface area (Å²) in [5.74, 6) is 0.685. The number of hydrogen-bond donors (Lipinski definition) is 0. The second-order valence-corrected chi connectivity index (χ2v) is 9.98. The van der Waals surface area contributed by atoms with E-state index in [2.05, 4.69) is 0 Å². The Morgan fingerprint density at radius 3 is 1.27 bits per heavy atom. The minimum atomic E-state index is -0.518. The molecule has 2 fully saturated rings. The lowest BCUT2D eigenvalue weighted by Crippen LogP contribution is -2.40. The molecule has 2 aromatic heterocycles. The second-order valence-electron chi connectivity index (χ2n) is 9.98. The van der Waals surface area contributed by atoms with Gasteiger partial charge in [-0.25, -0.2) is 9.97 Å². The average molecular weight is 527 g/mol. The third kappa shape index (κ3) is 3.61. The zero-order valence-electron chi connectivity index (χ0n) is 21.1. The van der Waals surface area contributed by atoms with Gasteiger partial charge in [0.25, 0.3) is 11.1 Å². The molecule has 2 aliphatic rings. The summed E-state index contributed by atoms with van der Waals surface area (Å²) in [6, 6.07) is 33.8. The summed E-state index contributed by atoms with van der Waals surface area (Å²) in [6.07, 6.45) is -1.61. The van der Waals surface area contributed by atoms with Crippen LogP contribution >= 0.6 is 0 Å². The fourth-order valence-electron chi connectivity index (χ4n) is 5.45. The van der Waals surface area contributed by atoms with Crippen LogP contribution in [0.5, 0.6) is 0 Å². The van der Waals surface area contributed by atoms with E-state index >= 15 is 0 Å². The highest BCUT2D eigenvalue weighted by molar-refractivity contribution is 5.78. The van der Waals surface area contributed by atoms with Crippen molar-refractivity contribution in [2.45, 2.75) is 24.4 Å². The summed E-state index contributed by atoms with van der Waals surface area (Å²) in [5.41, 5.74) is 2.27. The summed E-state index contributed by atoms with van der Waals surface area (Å²) in [6.45, 7) is 0. The molecule has 0 saturated carbocycles. The number of epoxide rings is 2. The molecule has 8 nitrogen and oxygen atoms in total. The molecule has 0 aliphatic carbocycles. The number of hydrogen-bond acceptors (Lipinski definition) is 6. The monoisotopic (exact) mass is 526 g/mol. The molecule has 4 atom stereocenters. The SMILES string of the molecule is O=c1c2ccccc2nc(C2OC2c2ccccc2)n1-n1c(C2OC2c2ccccc2)nc2ccccc2c1=O. The summed E-state index contributed by atoms with van der Waals surface area (Å²) < 4.78 is 14.9. The number of rotatable bonds is 5. The number of fused-ring (bicyclic) bond motifs is 2. The molecule has 8 heteroatoms. The van der Waals surface area contributed by atoms with Crippen LogP contribution in [0.1, 0.15) is 47.2 Å². The fraction of sp³-hybridized carbons (Fsp3) is 0.125. The van der Waals surface area contributed by atoms with Crippen LogP contribution in [0.3, 0.4) is 0 Å². The van der Waals surface area contributed by atoms with Crippen LogP contribution in [0.25, 0.3) is 21.8 Å². The molecule has 0 radical (unpaired) electrons. The van der Waals surface area contributed by atoms with E-state index in [0.717, 1.165) is 11.1 Å². The highest BCUT2D eigenvalue weighted by atomic mass is 16.6. The van der Waals surface area contributed by atoms with E-state index in [1.807, 2.05) is 72.8 Å². The minimum Gasteiger partial charge on any atom is -0.356 e. The van der Waals surface area contributed by atoms with Crippen molar-refractivity contribution in [2.75, 3.05) is 0 Å². The summed E-state index contributed by atoms with van der Waals surface area (Å²) >= 11 is 0. The van der Waals surface area contributed by atoms with E-state index in [4.69, 9.17) is 19.4 Å². The van der Waals surface area contributed by atoms with Gasteiger partial charge in [-0.3, -0.25) is 9.59 Å². The summed E-state index contributed by atoms with van der Waals surface area (Å²) in [5, 5.41) is 0.788. The van der Waals surface area contributed by atoms with E-state index in [1.165, 1.54) is 9.35 Å². The Hall–Kier alpha value is -4.92. The fourth-order valence-corrected chi connectivity index (χ4v) is 5.45. The molecule has 2 saturated heterocycles. The largest absolute Gasteiger partial charge is 0.356 e. The quantitative estimate of drug-likeness (QED) is 0.292. The van der Waals surface area contributed by atoms with Crippen LogP contribution in [-0.4, -0.2) is 19.3 Å². The van der Waals surface area contributed by atoms with Crippen molar-refractivity contribution < 1.29 is 9.47 Å². The zero-order chi connectivity index (χ0) is 26.8. The predicted molar refractivity (Wildman–Crippen MR) is 149 cm³/mol. The topological polar surface area (TPSA) is 94.8 Å². The number of para-hydroxylation sites is 2. The van der Waals surface area contributed by atoms with Crippen LogP contribution in [0.4, 0.5) is 0 Å². The highest BCUT2D eigenvalue weighted by Gasteiger charge is 2.48. The zero-order valence-corrected chi connectivity index (χ0v) is 21.1. The lowest BCUT2D eigenvalue weighted by atomic mass is 10.1. The normalized spacial score (nSPS) is 21.5. The van der Waals surface area contributed by atoms with Crippen LogP contribution in [0.15, 0.2) is 119 Å². The second kappa shape index (κ2) is 8.81. The van der Waals surface area contributed by atoms with Crippen LogP contribution in [0.2, 0.25) is 0 Å². The van der Waals surface area contributed by atoms with Crippen LogP contribution < -0.4 is 11.1 Å². The Balaban J connectivity index is 1.39. The first-order chi connectivity index (χ1) is 19.7. The molecule has 8 rings (SSSR count). The molecule has 4 aromatic carbocycles. The Morgan fingerprint density at radius 2 is 0.850 bits per heavy atom. The third-order valence-electron chi connectivity index (χ3n) is 7.51. The van der Waals surface area contributed by atoms with Crippen LogP contribution in [-0.2, 0) is 9.47 Å². The Kier molecular flexibility index (Phi) is 5.07. The molecule has 0 N–H and O–H groups in total. The van der Waals surface area contributed by atoms with E-state index < -0.39 is 12.2 Å². The standard InChI is InChI=1S/C32H22N4O4/c37-31-21-15-7-9-17-23(21)33-29(27-25(39-27)19-11-3-1-4-12-19)35(31)36-30(28-26(40-28)20-13-5-2-6-14-20)34-24-18-10-8-16-22(24)32(36)38/h1-18,25-28H. The van der Waals surface area contributed by atoms with Gasteiger partial charge in [0.1, 0.15) is 24.4 Å². The van der Waals surface area contributed by atoms with Gasteiger partial charge in [0.2, 0.25) is 0 Å². The first-order valence-corrected chi connectivity index (χ1v) is 13.1. The van der Waals surface area contributed by atoms with E-state index in [-0.39, 0.29) is 23.3 Å². The first-order valence-electron chi connectivity index (χ1n) is 13.1. The van der Waals surface area contributed by atoms with Gasteiger partial charge in [-0.1, -0.05) is 84.9 Å². The third-order valence-corrected chi connectivity index (χ3v) is 7.51. The number of benzene rings is 4. The molecule has 0 amide bonds. The number of nitrogens with zero attached hydrogens (tertiary/aromatic N) is 4. The summed E-state index contributed by atoms with van der Waals surface area (Å²) in [7, 11) is 0. The number of aromatic nitrogens is 4.